The molecule has 0 unspecified atom stereocenters. The molecule has 3 fully saturated rings. The highest BCUT2D eigenvalue weighted by atomic mass is 32.2. The van der Waals surface area contributed by atoms with E-state index in [9.17, 15) is 26.8 Å². The lowest BCUT2D eigenvalue weighted by Gasteiger charge is -2.33. The smallest absolute Gasteiger partial charge is 0.472 e. The zero-order valence-corrected chi connectivity index (χ0v) is 26.7. The Kier molecular flexibility index (Phi) is 7.57. The number of benzene rings is 1. The van der Waals surface area contributed by atoms with Crippen molar-refractivity contribution in [2.75, 3.05) is 12.3 Å². The van der Waals surface area contributed by atoms with Gasteiger partial charge in [-0.05, 0) is 49.3 Å². The van der Waals surface area contributed by atoms with Crippen LogP contribution in [0.2, 0.25) is 0 Å². The molecule has 2 amide bonds. The van der Waals surface area contributed by atoms with Crippen LogP contribution >= 0.6 is 0 Å². The van der Waals surface area contributed by atoms with Crippen molar-refractivity contribution in [3.63, 3.8) is 0 Å². The van der Waals surface area contributed by atoms with Crippen LogP contribution in [0.4, 0.5) is 8.78 Å². The van der Waals surface area contributed by atoms with E-state index in [4.69, 9.17) is 9.47 Å². The summed E-state index contributed by atoms with van der Waals surface area (Å²) < 4.78 is 68.5. The maximum atomic E-state index is 14.0. The first-order chi connectivity index (χ1) is 21.0. The molecular weight excluding hydrogens is 608 g/mol. The van der Waals surface area contributed by atoms with Gasteiger partial charge in [-0.15, -0.1) is 15.4 Å². The number of fused-ring (bicyclic) bond motifs is 3. The summed E-state index contributed by atoms with van der Waals surface area (Å²) in [4.78, 5) is 33.6. The third kappa shape index (κ3) is 6.07. The van der Waals surface area contributed by atoms with Crippen molar-refractivity contribution >= 4 is 32.4 Å². The zero-order valence-electron chi connectivity index (χ0n) is 25.8. The highest BCUT2D eigenvalue weighted by Crippen LogP contribution is 2.49. The van der Waals surface area contributed by atoms with Gasteiger partial charge in [-0.25, -0.2) is 13.4 Å². The second kappa shape index (κ2) is 10.8. The molecule has 2 aromatic rings. The average molecular weight is 648 g/mol. The second-order valence-electron chi connectivity index (χ2n) is 13.8. The monoisotopic (exact) mass is 647 g/mol. The van der Waals surface area contributed by atoms with Gasteiger partial charge in [-0.3, -0.25) is 9.59 Å². The third-order valence-corrected chi connectivity index (χ3v) is 12.0. The van der Waals surface area contributed by atoms with Crippen molar-refractivity contribution in [2.24, 2.45) is 17.3 Å². The Morgan fingerprint density at radius 2 is 1.96 bits per heavy atom. The number of hydrogen-bond donors (Lipinski definition) is 1. The summed E-state index contributed by atoms with van der Waals surface area (Å²) in [5, 5.41) is 3.56. The standard InChI is InChI=1S/C32H39F2N3O7S/c1-6-19-16-31(19,12-14-45(40,41)21-7-8-21)36-27(38)24-15-20(17-37(24)29(39)18(2)30(3,4)5)42-28-23-9-10-25-26(22(23)11-13-35-28)44-32(33,34)43-25/h6,9-11,13,18-21,24H,1,7-8,12,14-17H2,2-5H3,(H,36,38)/t18-,19-,20-,24+,31-/m1/s1. The Bertz CT molecular complexity index is 1660. The molecule has 0 radical (unpaired) electrons. The molecule has 2 aliphatic heterocycles. The summed E-state index contributed by atoms with van der Waals surface area (Å²) in [5.74, 6) is -1.16. The van der Waals surface area contributed by atoms with Crippen LogP contribution in [0.3, 0.4) is 0 Å². The molecule has 3 heterocycles. The summed E-state index contributed by atoms with van der Waals surface area (Å²) in [6.07, 6.45) is 1.10. The van der Waals surface area contributed by atoms with Crippen molar-refractivity contribution < 1.29 is 41.0 Å². The number of rotatable bonds is 10. The number of halogens is 2. The molecule has 6 rings (SSSR count). The largest absolute Gasteiger partial charge is 0.586 e. The number of ether oxygens (including phenoxy) is 3. The van der Waals surface area contributed by atoms with Gasteiger partial charge in [0.1, 0.15) is 12.1 Å². The van der Waals surface area contributed by atoms with Crippen molar-refractivity contribution in [2.45, 2.75) is 89.0 Å². The van der Waals surface area contributed by atoms with Gasteiger partial charge in [0.15, 0.2) is 21.3 Å². The van der Waals surface area contributed by atoms with E-state index in [0.29, 0.717) is 30.0 Å². The van der Waals surface area contributed by atoms with Crippen LogP contribution < -0.4 is 19.5 Å². The molecule has 5 atom stereocenters. The fourth-order valence-electron chi connectivity index (χ4n) is 6.26. The summed E-state index contributed by atoms with van der Waals surface area (Å²) >= 11 is 0. The van der Waals surface area contributed by atoms with Crippen molar-refractivity contribution in [1.29, 1.82) is 0 Å². The molecule has 2 saturated carbocycles. The molecule has 0 bridgehead atoms. The molecular formula is C32H39F2N3O7S. The minimum absolute atomic E-state index is 0.0144. The Morgan fingerprint density at radius 3 is 2.60 bits per heavy atom. The number of nitrogens with zero attached hydrogens (tertiary/aromatic N) is 2. The number of nitrogens with one attached hydrogen (secondary N) is 1. The molecule has 0 spiro atoms. The van der Waals surface area contributed by atoms with Crippen LogP contribution in [0.25, 0.3) is 10.8 Å². The Balaban J connectivity index is 1.24. The first-order valence-electron chi connectivity index (χ1n) is 15.3. The molecule has 1 N–H and O–H groups in total. The number of pyridine rings is 1. The van der Waals surface area contributed by atoms with Gasteiger partial charge in [0, 0.05) is 40.8 Å². The van der Waals surface area contributed by atoms with Crippen molar-refractivity contribution in [1.82, 2.24) is 15.2 Å². The number of sulfone groups is 1. The average Bonchev–Trinajstić information content (AvgIpc) is 3.87. The van der Waals surface area contributed by atoms with E-state index in [-0.39, 0.29) is 70.9 Å². The molecule has 4 aliphatic rings. The fourth-order valence-corrected chi connectivity index (χ4v) is 8.10. The highest BCUT2D eigenvalue weighted by molar-refractivity contribution is 7.92. The number of carbonyl (C=O) groups excluding carboxylic acids is 2. The van der Waals surface area contributed by atoms with Crippen molar-refractivity contribution in [3.8, 4) is 17.4 Å². The third-order valence-electron chi connectivity index (χ3n) is 9.72. The number of aromatic nitrogens is 1. The van der Waals surface area contributed by atoms with E-state index < -0.39 is 39.7 Å². The van der Waals surface area contributed by atoms with Crippen LogP contribution in [-0.2, 0) is 19.4 Å². The van der Waals surface area contributed by atoms with Gasteiger partial charge in [0.05, 0.1) is 17.5 Å². The molecule has 13 heteroatoms. The van der Waals surface area contributed by atoms with E-state index >= 15 is 0 Å². The molecule has 1 aromatic heterocycles. The van der Waals surface area contributed by atoms with Crippen molar-refractivity contribution in [3.05, 3.63) is 37.1 Å². The number of carbonyl (C=O) groups is 2. The summed E-state index contributed by atoms with van der Waals surface area (Å²) in [5.41, 5.74) is -1.10. The second-order valence-corrected chi connectivity index (χ2v) is 16.2. The van der Waals surface area contributed by atoms with Gasteiger partial charge < -0.3 is 24.4 Å². The lowest BCUT2D eigenvalue weighted by Crippen LogP contribution is -2.52. The Morgan fingerprint density at radius 1 is 1.22 bits per heavy atom. The predicted molar refractivity (Wildman–Crippen MR) is 162 cm³/mol. The van der Waals surface area contributed by atoms with Gasteiger partial charge in [-0.1, -0.05) is 33.8 Å². The van der Waals surface area contributed by atoms with Gasteiger partial charge in [-0.2, -0.15) is 0 Å². The van der Waals surface area contributed by atoms with E-state index in [1.54, 1.807) is 12.1 Å². The SMILES string of the molecule is C=C[C@@H]1C[C@@]1(CCS(=O)(=O)C1CC1)NC(=O)[C@@H]1C[C@@H](Oc2nccc3c4c(ccc23)OC(F)(F)O4)CN1C(=O)[C@@H](C)C(C)(C)C. The molecule has 10 nitrogen and oxygen atoms in total. The van der Waals surface area contributed by atoms with Crippen LogP contribution in [0.5, 0.6) is 17.4 Å². The molecule has 244 valence electrons. The van der Waals surface area contributed by atoms with E-state index in [1.165, 1.54) is 23.2 Å². The van der Waals surface area contributed by atoms with Gasteiger partial charge >= 0.3 is 6.29 Å². The summed E-state index contributed by atoms with van der Waals surface area (Å²) in [6.45, 7) is 11.7. The minimum Gasteiger partial charge on any atom is -0.472 e. The van der Waals surface area contributed by atoms with Crippen LogP contribution in [-0.4, -0.2) is 71.6 Å². The maximum Gasteiger partial charge on any atom is 0.586 e. The quantitative estimate of drug-likeness (QED) is 0.371. The van der Waals surface area contributed by atoms with E-state index in [1.807, 2.05) is 27.7 Å². The minimum atomic E-state index is -3.79. The summed E-state index contributed by atoms with van der Waals surface area (Å²) in [6, 6.07) is 3.55. The predicted octanol–water partition coefficient (Wildman–Crippen LogP) is 4.62. The summed E-state index contributed by atoms with van der Waals surface area (Å²) in [7, 11) is -3.23. The number of hydrogen-bond acceptors (Lipinski definition) is 8. The topological polar surface area (TPSA) is 124 Å². The van der Waals surface area contributed by atoms with Gasteiger partial charge in [0.2, 0.25) is 17.7 Å². The molecule has 1 saturated heterocycles. The number of likely N-dealkylation sites (tertiary alicyclic amines) is 1. The molecule has 45 heavy (non-hydrogen) atoms. The lowest BCUT2D eigenvalue weighted by atomic mass is 9.81. The normalized spacial score (nSPS) is 27.7. The molecule has 2 aliphatic carbocycles. The fraction of sp³-hybridized carbons (Fsp3) is 0.594. The maximum absolute atomic E-state index is 14.0. The van der Waals surface area contributed by atoms with Crippen LogP contribution in [0, 0.1) is 17.3 Å². The van der Waals surface area contributed by atoms with Crippen LogP contribution in [0.15, 0.2) is 37.1 Å². The first-order valence-corrected chi connectivity index (χ1v) is 17.1. The number of amides is 2. The first kappa shape index (κ1) is 31.5. The number of alkyl halides is 2. The lowest BCUT2D eigenvalue weighted by molar-refractivity contribution is -0.286. The van der Waals surface area contributed by atoms with E-state index in [0.717, 1.165) is 0 Å². The Labute approximate surface area is 261 Å². The highest BCUT2D eigenvalue weighted by Gasteiger charge is 2.56. The van der Waals surface area contributed by atoms with E-state index in [2.05, 4.69) is 21.6 Å². The van der Waals surface area contributed by atoms with Crippen LogP contribution in [0.1, 0.15) is 59.8 Å². The Hall–Kier alpha value is -3.48. The molecule has 1 aromatic carbocycles. The van der Waals surface area contributed by atoms with Gasteiger partial charge in [0.25, 0.3) is 0 Å². The zero-order chi connectivity index (χ0) is 32.5.